The van der Waals surface area contributed by atoms with E-state index in [2.05, 4.69) is 11.9 Å². The normalized spacial score (nSPS) is 13.7. The summed E-state index contributed by atoms with van der Waals surface area (Å²) in [4.78, 5) is 11.0. The number of hydrogen-bond donors (Lipinski definition) is 2. The molecule has 0 radical (unpaired) electrons. The van der Waals surface area contributed by atoms with Gasteiger partial charge in [0.1, 0.15) is 5.78 Å². The number of alkyl halides is 1. The Morgan fingerprint density at radius 1 is 1.45 bits per heavy atom. The third kappa shape index (κ3) is 4.46. The first-order valence-corrected chi connectivity index (χ1v) is 6.79. The fraction of sp³-hybridized carbons (Fsp3) is 0.438. The molecule has 0 saturated heterocycles. The molecule has 0 spiro atoms. The van der Waals surface area contributed by atoms with E-state index in [1.807, 2.05) is 13.0 Å². The molecule has 0 aromatic heterocycles. The number of carbonyl (C=O) groups excluding carboxylic acids is 1. The number of rotatable bonds is 7. The van der Waals surface area contributed by atoms with E-state index in [0.29, 0.717) is 30.6 Å². The number of allylic oxidation sites excluding steroid dienone is 1. The predicted molar refractivity (Wildman–Crippen MR) is 82.2 cm³/mol. The fourth-order valence-electron chi connectivity index (χ4n) is 1.98. The van der Waals surface area contributed by atoms with Gasteiger partial charge < -0.3 is 10.1 Å². The quantitative estimate of drug-likeness (QED) is 0.749. The molecule has 1 atom stereocenters. The molecule has 0 heterocycles. The molecule has 0 amide bonds. The van der Waals surface area contributed by atoms with Gasteiger partial charge in [-0.1, -0.05) is 12.6 Å². The molecule has 4 heteroatoms. The van der Waals surface area contributed by atoms with Crippen LogP contribution in [0, 0.1) is 0 Å². The van der Waals surface area contributed by atoms with Crippen LogP contribution >= 0.6 is 0 Å². The van der Waals surface area contributed by atoms with Gasteiger partial charge in [0.25, 0.3) is 0 Å². The Kier molecular flexibility index (Phi) is 5.45. The summed E-state index contributed by atoms with van der Waals surface area (Å²) >= 11 is 0. The van der Waals surface area contributed by atoms with Gasteiger partial charge in [0.2, 0.25) is 0 Å². The highest BCUT2D eigenvalue weighted by Gasteiger charge is 2.23. The lowest BCUT2D eigenvalue weighted by Crippen LogP contribution is -2.28. The van der Waals surface area contributed by atoms with Crippen molar-refractivity contribution in [2.75, 3.05) is 11.9 Å². The smallest absolute Gasteiger partial charge is 0.184 e. The first-order chi connectivity index (χ1) is 9.25. The van der Waals surface area contributed by atoms with Crippen molar-refractivity contribution in [1.82, 2.24) is 0 Å². The van der Waals surface area contributed by atoms with Crippen LogP contribution in [0.3, 0.4) is 0 Å². The SMILES string of the molecule is C=C(CCC(C)=O)c1ccc(NCC)c(C(C)(N)F)c1. The first kappa shape index (κ1) is 16.4. The van der Waals surface area contributed by atoms with Crippen molar-refractivity contribution in [2.24, 2.45) is 5.73 Å². The molecule has 1 aromatic carbocycles. The third-order valence-corrected chi connectivity index (χ3v) is 3.10. The van der Waals surface area contributed by atoms with Gasteiger partial charge in [-0.15, -0.1) is 0 Å². The van der Waals surface area contributed by atoms with Crippen molar-refractivity contribution in [3.05, 3.63) is 35.9 Å². The number of carbonyl (C=O) groups is 1. The monoisotopic (exact) mass is 278 g/mol. The summed E-state index contributed by atoms with van der Waals surface area (Å²) in [6.07, 6.45) is 1.02. The van der Waals surface area contributed by atoms with E-state index in [9.17, 15) is 9.18 Å². The Hall–Kier alpha value is -1.68. The lowest BCUT2D eigenvalue weighted by Gasteiger charge is -2.21. The van der Waals surface area contributed by atoms with Crippen molar-refractivity contribution >= 4 is 17.0 Å². The highest BCUT2D eigenvalue weighted by molar-refractivity contribution is 5.78. The third-order valence-electron chi connectivity index (χ3n) is 3.10. The summed E-state index contributed by atoms with van der Waals surface area (Å²) in [5.74, 6) is -1.81. The molecule has 0 saturated carbocycles. The van der Waals surface area contributed by atoms with E-state index in [0.717, 1.165) is 11.1 Å². The summed E-state index contributed by atoms with van der Waals surface area (Å²) in [6, 6.07) is 5.38. The number of hydrogen-bond acceptors (Lipinski definition) is 3. The largest absolute Gasteiger partial charge is 0.385 e. The number of anilines is 1. The van der Waals surface area contributed by atoms with Gasteiger partial charge in [-0.3, -0.25) is 5.73 Å². The number of Topliss-reactive ketones (excluding diaryl/α,β-unsaturated/α-hetero) is 1. The Labute approximate surface area is 120 Å². The molecule has 3 N–H and O–H groups in total. The predicted octanol–water partition coefficient (Wildman–Crippen LogP) is 3.60. The van der Waals surface area contributed by atoms with Crippen LogP contribution in [-0.2, 0) is 10.6 Å². The van der Waals surface area contributed by atoms with Crippen molar-refractivity contribution in [2.45, 2.75) is 39.4 Å². The van der Waals surface area contributed by atoms with E-state index < -0.39 is 5.79 Å². The van der Waals surface area contributed by atoms with Gasteiger partial charge in [0.05, 0.1) is 0 Å². The Morgan fingerprint density at radius 2 is 2.10 bits per heavy atom. The van der Waals surface area contributed by atoms with Crippen LogP contribution in [-0.4, -0.2) is 12.3 Å². The van der Waals surface area contributed by atoms with Crippen LogP contribution in [0.2, 0.25) is 0 Å². The molecule has 0 aliphatic heterocycles. The summed E-state index contributed by atoms with van der Waals surface area (Å²) in [5, 5.41) is 3.10. The summed E-state index contributed by atoms with van der Waals surface area (Å²) in [6.45, 7) is 9.46. The van der Waals surface area contributed by atoms with E-state index in [1.54, 1.807) is 19.1 Å². The Balaban J connectivity index is 3.06. The summed E-state index contributed by atoms with van der Waals surface area (Å²) < 4.78 is 14.1. The highest BCUT2D eigenvalue weighted by atomic mass is 19.1. The van der Waals surface area contributed by atoms with Crippen LogP contribution < -0.4 is 11.1 Å². The number of nitrogens with one attached hydrogen (secondary N) is 1. The number of benzene rings is 1. The molecule has 0 bridgehead atoms. The number of halogens is 1. The van der Waals surface area contributed by atoms with E-state index in [-0.39, 0.29) is 5.78 Å². The molecule has 110 valence electrons. The van der Waals surface area contributed by atoms with Gasteiger partial charge >= 0.3 is 0 Å². The van der Waals surface area contributed by atoms with Crippen LogP contribution in [0.25, 0.3) is 5.57 Å². The minimum atomic E-state index is -1.92. The van der Waals surface area contributed by atoms with E-state index in [1.165, 1.54) is 6.92 Å². The first-order valence-electron chi connectivity index (χ1n) is 6.79. The lowest BCUT2D eigenvalue weighted by atomic mass is 9.95. The molecule has 1 rings (SSSR count). The standard InChI is InChI=1S/C16H23FN2O/c1-5-19-15-9-8-13(10-14(15)16(4,17)18)11(2)6-7-12(3)20/h8-10,19H,2,5-7,18H2,1,3-4H3. The minimum Gasteiger partial charge on any atom is -0.385 e. The van der Waals surface area contributed by atoms with Crippen LogP contribution in [0.5, 0.6) is 0 Å². The molecule has 20 heavy (non-hydrogen) atoms. The van der Waals surface area contributed by atoms with Crippen LogP contribution in [0.4, 0.5) is 10.1 Å². The fourth-order valence-corrected chi connectivity index (χ4v) is 1.98. The maximum absolute atomic E-state index is 14.1. The minimum absolute atomic E-state index is 0.116. The van der Waals surface area contributed by atoms with Gasteiger partial charge in [-0.25, -0.2) is 4.39 Å². The second kappa shape index (κ2) is 6.66. The topological polar surface area (TPSA) is 55.1 Å². The molecule has 0 fully saturated rings. The zero-order valence-corrected chi connectivity index (χ0v) is 12.4. The van der Waals surface area contributed by atoms with Gasteiger partial charge in [0, 0.05) is 24.2 Å². The zero-order valence-electron chi connectivity index (χ0n) is 12.4. The second-order valence-electron chi connectivity index (χ2n) is 5.17. The Bertz CT molecular complexity index is 504. The number of nitrogens with two attached hydrogens (primary N) is 1. The average molecular weight is 278 g/mol. The maximum atomic E-state index is 14.1. The van der Waals surface area contributed by atoms with Gasteiger partial charge in [-0.2, -0.15) is 0 Å². The molecule has 0 aliphatic rings. The molecular formula is C16H23FN2O. The van der Waals surface area contributed by atoms with Gasteiger partial charge in [0.15, 0.2) is 5.79 Å². The summed E-state index contributed by atoms with van der Waals surface area (Å²) in [5.41, 5.74) is 8.31. The molecule has 0 aliphatic carbocycles. The maximum Gasteiger partial charge on any atom is 0.184 e. The molecule has 3 nitrogen and oxygen atoms in total. The molecular weight excluding hydrogens is 255 g/mol. The number of ketones is 1. The average Bonchev–Trinajstić information content (AvgIpc) is 2.35. The van der Waals surface area contributed by atoms with Gasteiger partial charge in [-0.05, 0) is 50.5 Å². The highest BCUT2D eigenvalue weighted by Crippen LogP contribution is 2.31. The van der Waals surface area contributed by atoms with E-state index in [4.69, 9.17) is 5.73 Å². The van der Waals surface area contributed by atoms with Crippen molar-refractivity contribution in [3.8, 4) is 0 Å². The second-order valence-corrected chi connectivity index (χ2v) is 5.17. The lowest BCUT2D eigenvalue weighted by molar-refractivity contribution is -0.116. The zero-order chi connectivity index (χ0) is 15.3. The van der Waals surface area contributed by atoms with Crippen molar-refractivity contribution < 1.29 is 9.18 Å². The van der Waals surface area contributed by atoms with Crippen LogP contribution in [0.15, 0.2) is 24.8 Å². The van der Waals surface area contributed by atoms with E-state index >= 15 is 0 Å². The molecule has 1 aromatic rings. The Morgan fingerprint density at radius 3 is 2.60 bits per heavy atom. The van der Waals surface area contributed by atoms with Crippen LogP contribution in [0.1, 0.15) is 44.7 Å². The summed E-state index contributed by atoms with van der Waals surface area (Å²) in [7, 11) is 0. The molecule has 1 unspecified atom stereocenters. The van der Waals surface area contributed by atoms with Crippen molar-refractivity contribution in [1.29, 1.82) is 0 Å². The van der Waals surface area contributed by atoms with Crippen molar-refractivity contribution in [3.63, 3.8) is 0 Å².